The van der Waals surface area contributed by atoms with Gasteiger partial charge in [0.2, 0.25) is 0 Å². The molecule has 0 unspecified atom stereocenters. The highest BCUT2D eigenvalue weighted by atomic mass is 16.5. The molecule has 1 heterocycles. The van der Waals surface area contributed by atoms with Crippen LogP contribution in [0.2, 0.25) is 0 Å². The molecule has 0 spiro atoms. The number of benzene rings is 1. The number of hydrogen-bond donors (Lipinski definition) is 1. The lowest BCUT2D eigenvalue weighted by Crippen LogP contribution is -2.33. The maximum atomic E-state index is 5.61. The van der Waals surface area contributed by atoms with E-state index in [1.165, 1.54) is 18.5 Å². The number of hydrogen-bond acceptors (Lipinski definition) is 3. The van der Waals surface area contributed by atoms with E-state index in [4.69, 9.17) is 4.74 Å². The number of anilines is 1. The van der Waals surface area contributed by atoms with Gasteiger partial charge in [-0.1, -0.05) is 6.92 Å². The highest BCUT2D eigenvalue weighted by molar-refractivity contribution is 5.49. The molecule has 100 valence electrons. The standard InChI is InChI=1S/C15H24N2O/c1-2-13-18-15-7-5-14(6-8-15)17-11-3-9-16-10-4-12-17/h5-8,16H,2-4,9-13H2,1H3. The molecular weight excluding hydrogens is 224 g/mol. The van der Waals surface area contributed by atoms with Crippen LogP contribution < -0.4 is 15.0 Å². The van der Waals surface area contributed by atoms with Crippen LogP contribution in [0, 0.1) is 0 Å². The van der Waals surface area contributed by atoms with Crippen LogP contribution in [0.1, 0.15) is 26.2 Å². The van der Waals surface area contributed by atoms with Crippen molar-refractivity contribution in [1.29, 1.82) is 0 Å². The van der Waals surface area contributed by atoms with Crippen molar-refractivity contribution >= 4 is 5.69 Å². The van der Waals surface area contributed by atoms with E-state index >= 15 is 0 Å². The zero-order valence-electron chi connectivity index (χ0n) is 11.3. The highest BCUT2D eigenvalue weighted by Crippen LogP contribution is 2.20. The summed E-state index contributed by atoms with van der Waals surface area (Å²) in [5, 5.41) is 3.44. The Bertz CT molecular complexity index is 329. The van der Waals surface area contributed by atoms with Gasteiger partial charge in [-0.15, -0.1) is 0 Å². The number of rotatable bonds is 4. The predicted molar refractivity (Wildman–Crippen MR) is 76.5 cm³/mol. The molecule has 1 N–H and O–H groups in total. The second-order valence-electron chi connectivity index (χ2n) is 4.79. The average Bonchev–Trinajstić information content (AvgIpc) is 2.37. The summed E-state index contributed by atoms with van der Waals surface area (Å²) < 4.78 is 5.61. The fraction of sp³-hybridized carbons (Fsp3) is 0.600. The predicted octanol–water partition coefficient (Wildman–Crippen LogP) is 2.67. The van der Waals surface area contributed by atoms with Gasteiger partial charge < -0.3 is 15.0 Å². The monoisotopic (exact) mass is 248 g/mol. The smallest absolute Gasteiger partial charge is 0.119 e. The van der Waals surface area contributed by atoms with Crippen molar-refractivity contribution in [2.75, 3.05) is 37.7 Å². The molecule has 0 aromatic heterocycles. The van der Waals surface area contributed by atoms with Crippen LogP contribution in [0.3, 0.4) is 0 Å². The molecule has 0 radical (unpaired) electrons. The van der Waals surface area contributed by atoms with Gasteiger partial charge in [0.25, 0.3) is 0 Å². The van der Waals surface area contributed by atoms with Crippen molar-refractivity contribution in [3.8, 4) is 5.75 Å². The minimum atomic E-state index is 0.800. The molecule has 1 saturated heterocycles. The Morgan fingerprint density at radius 1 is 1.11 bits per heavy atom. The maximum Gasteiger partial charge on any atom is 0.119 e. The Hall–Kier alpha value is -1.22. The molecule has 0 amide bonds. The van der Waals surface area contributed by atoms with Crippen molar-refractivity contribution in [2.24, 2.45) is 0 Å². The van der Waals surface area contributed by atoms with Crippen LogP contribution in [0.5, 0.6) is 5.75 Å². The number of nitrogens with one attached hydrogen (secondary N) is 1. The molecule has 2 rings (SSSR count). The Kier molecular flexibility index (Phi) is 5.34. The van der Waals surface area contributed by atoms with Gasteiger partial charge in [-0.3, -0.25) is 0 Å². The second-order valence-corrected chi connectivity index (χ2v) is 4.79. The molecule has 1 fully saturated rings. The van der Waals surface area contributed by atoms with Gasteiger partial charge in [0.05, 0.1) is 6.61 Å². The molecule has 3 nitrogen and oxygen atoms in total. The van der Waals surface area contributed by atoms with E-state index in [-0.39, 0.29) is 0 Å². The Balaban J connectivity index is 1.94. The summed E-state index contributed by atoms with van der Waals surface area (Å²) >= 11 is 0. The van der Waals surface area contributed by atoms with Gasteiger partial charge in [0.1, 0.15) is 5.75 Å². The molecule has 18 heavy (non-hydrogen) atoms. The first kappa shape index (κ1) is 13.2. The van der Waals surface area contributed by atoms with Crippen LogP contribution in [-0.4, -0.2) is 32.8 Å². The van der Waals surface area contributed by atoms with Crippen molar-refractivity contribution in [2.45, 2.75) is 26.2 Å². The van der Waals surface area contributed by atoms with Gasteiger partial charge in [-0.25, -0.2) is 0 Å². The summed E-state index contributed by atoms with van der Waals surface area (Å²) in [6.45, 7) is 7.48. The minimum Gasteiger partial charge on any atom is -0.494 e. The van der Waals surface area contributed by atoms with Gasteiger partial charge >= 0.3 is 0 Å². The summed E-state index contributed by atoms with van der Waals surface area (Å²) in [5.41, 5.74) is 1.32. The van der Waals surface area contributed by atoms with Crippen molar-refractivity contribution < 1.29 is 4.74 Å². The Morgan fingerprint density at radius 2 is 1.78 bits per heavy atom. The first-order valence-electron chi connectivity index (χ1n) is 7.08. The lowest BCUT2D eigenvalue weighted by atomic mass is 10.2. The van der Waals surface area contributed by atoms with Crippen LogP contribution in [0.4, 0.5) is 5.69 Å². The van der Waals surface area contributed by atoms with E-state index in [2.05, 4.69) is 41.4 Å². The first-order chi connectivity index (χ1) is 8.90. The van der Waals surface area contributed by atoms with E-state index in [1.807, 2.05) is 0 Å². The summed E-state index contributed by atoms with van der Waals surface area (Å²) in [6.07, 6.45) is 3.49. The molecule has 0 saturated carbocycles. The molecule has 0 aliphatic carbocycles. The third-order valence-corrected chi connectivity index (χ3v) is 3.24. The number of ether oxygens (including phenoxy) is 1. The number of nitrogens with zero attached hydrogens (tertiary/aromatic N) is 1. The Morgan fingerprint density at radius 3 is 2.39 bits per heavy atom. The molecule has 1 aromatic carbocycles. The normalized spacial score (nSPS) is 17.1. The van der Waals surface area contributed by atoms with Gasteiger partial charge in [-0.2, -0.15) is 0 Å². The lowest BCUT2D eigenvalue weighted by Gasteiger charge is -2.27. The lowest BCUT2D eigenvalue weighted by molar-refractivity contribution is 0.317. The molecule has 0 atom stereocenters. The SMILES string of the molecule is CCCOc1ccc(N2CCCNCCC2)cc1. The Labute approximate surface area is 110 Å². The van der Waals surface area contributed by atoms with E-state index in [1.54, 1.807) is 0 Å². The molecule has 3 heteroatoms. The highest BCUT2D eigenvalue weighted by Gasteiger charge is 2.08. The second kappa shape index (κ2) is 7.27. The topological polar surface area (TPSA) is 24.5 Å². The van der Waals surface area contributed by atoms with Crippen LogP contribution in [-0.2, 0) is 0 Å². The maximum absolute atomic E-state index is 5.61. The summed E-state index contributed by atoms with van der Waals surface area (Å²) in [6, 6.07) is 8.53. The van der Waals surface area contributed by atoms with Crippen molar-refractivity contribution in [1.82, 2.24) is 5.32 Å². The summed E-state index contributed by atoms with van der Waals surface area (Å²) in [4.78, 5) is 2.48. The van der Waals surface area contributed by atoms with Crippen LogP contribution >= 0.6 is 0 Å². The van der Waals surface area contributed by atoms with Gasteiger partial charge in [-0.05, 0) is 56.6 Å². The van der Waals surface area contributed by atoms with E-state index in [9.17, 15) is 0 Å². The fourth-order valence-corrected chi connectivity index (χ4v) is 2.26. The third kappa shape index (κ3) is 3.91. The molecule has 0 bridgehead atoms. The first-order valence-corrected chi connectivity index (χ1v) is 7.08. The van der Waals surface area contributed by atoms with Crippen molar-refractivity contribution in [3.63, 3.8) is 0 Å². The molecular formula is C15H24N2O. The average molecular weight is 248 g/mol. The van der Waals surface area contributed by atoms with E-state index in [0.29, 0.717) is 0 Å². The van der Waals surface area contributed by atoms with Crippen LogP contribution in [0.25, 0.3) is 0 Å². The summed E-state index contributed by atoms with van der Waals surface area (Å²) in [5.74, 6) is 0.981. The van der Waals surface area contributed by atoms with Gasteiger partial charge in [0.15, 0.2) is 0 Å². The van der Waals surface area contributed by atoms with Gasteiger partial charge in [0, 0.05) is 18.8 Å². The van der Waals surface area contributed by atoms with E-state index in [0.717, 1.165) is 45.0 Å². The largest absolute Gasteiger partial charge is 0.494 e. The summed E-state index contributed by atoms with van der Waals surface area (Å²) in [7, 11) is 0. The zero-order valence-corrected chi connectivity index (χ0v) is 11.3. The fourth-order valence-electron chi connectivity index (χ4n) is 2.26. The quantitative estimate of drug-likeness (QED) is 0.886. The molecule has 1 aromatic rings. The van der Waals surface area contributed by atoms with Crippen molar-refractivity contribution in [3.05, 3.63) is 24.3 Å². The third-order valence-electron chi connectivity index (χ3n) is 3.24. The zero-order chi connectivity index (χ0) is 12.6. The van der Waals surface area contributed by atoms with Crippen LogP contribution in [0.15, 0.2) is 24.3 Å². The molecule has 1 aliphatic rings. The minimum absolute atomic E-state index is 0.800. The van der Waals surface area contributed by atoms with E-state index < -0.39 is 0 Å². The molecule has 1 aliphatic heterocycles.